The Bertz CT molecular complexity index is 219. The van der Waals surface area contributed by atoms with Crippen LogP contribution >= 0.6 is 25.3 Å². The summed E-state index contributed by atoms with van der Waals surface area (Å²) in [5.41, 5.74) is 0. The first kappa shape index (κ1) is 19.6. The quantitative estimate of drug-likeness (QED) is 0.400. The third kappa shape index (κ3) is 14.8. The number of thiol groups is 2. The summed E-state index contributed by atoms with van der Waals surface area (Å²) >= 11 is 9.18. The van der Waals surface area contributed by atoms with Crippen molar-refractivity contribution in [1.82, 2.24) is 10.2 Å². The predicted octanol–water partition coefficient (Wildman–Crippen LogP) is 3.49. The van der Waals surface area contributed by atoms with Gasteiger partial charge in [-0.1, -0.05) is 19.8 Å². The molecule has 0 atom stereocenters. The lowest BCUT2D eigenvalue weighted by Crippen LogP contribution is -2.41. The number of unbranched alkanes of at least 4 members (excludes halogenated alkanes) is 2. The van der Waals surface area contributed by atoms with Crippen LogP contribution in [0.25, 0.3) is 0 Å². The van der Waals surface area contributed by atoms with E-state index in [0.717, 1.165) is 26.2 Å². The van der Waals surface area contributed by atoms with Crippen molar-refractivity contribution in [3.8, 4) is 0 Å². The van der Waals surface area contributed by atoms with Crippen molar-refractivity contribution in [3.05, 3.63) is 0 Å². The molecule has 0 aromatic rings. The lowest BCUT2D eigenvalue weighted by Gasteiger charge is -2.30. The second-order valence-electron chi connectivity index (χ2n) is 6.78. The summed E-state index contributed by atoms with van der Waals surface area (Å²) in [6.45, 7) is 16.2. The smallest absolute Gasteiger partial charge is 0.0200 e. The van der Waals surface area contributed by atoms with Crippen molar-refractivity contribution in [3.63, 3.8) is 0 Å². The van der Waals surface area contributed by atoms with Gasteiger partial charge in [0.2, 0.25) is 0 Å². The van der Waals surface area contributed by atoms with Crippen LogP contribution < -0.4 is 5.32 Å². The molecule has 19 heavy (non-hydrogen) atoms. The number of hydrogen-bond donors (Lipinski definition) is 3. The number of nitrogens with zero attached hydrogens (tertiary/aromatic N) is 1. The Morgan fingerprint density at radius 2 is 1.58 bits per heavy atom. The molecule has 0 aliphatic rings. The zero-order chi connectivity index (χ0) is 14.9. The fourth-order valence-electron chi connectivity index (χ4n) is 2.03. The van der Waals surface area contributed by atoms with Gasteiger partial charge in [-0.2, -0.15) is 25.3 Å². The first-order valence-corrected chi connectivity index (χ1v) is 8.41. The van der Waals surface area contributed by atoms with E-state index in [4.69, 9.17) is 0 Å². The molecule has 1 N–H and O–H groups in total. The van der Waals surface area contributed by atoms with Gasteiger partial charge in [0.05, 0.1) is 0 Å². The summed E-state index contributed by atoms with van der Waals surface area (Å²) in [5, 5.41) is 3.49. The Kier molecular flexibility index (Phi) is 9.85. The van der Waals surface area contributed by atoms with E-state index in [0.29, 0.717) is 0 Å². The average molecular weight is 307 g/mol. The fourth-order valence-corrected chi connectivity index (χ4v) is 2.35. The molecule has 0 bridgehead atoms. The molecular weight excluding hydrogens is 272 g/mol. The average Bonchev–Trinajstić information content (AvgIpc) is 2.21. The molecule has 0 saturated heterocycles. The van der Waals surface area contributed by atoms with Crippen molar-refractivity contribution in [2.75, 3.05) is 32.7 Å². The van der Waals surface area contributed by atoms with Gasteiger partial charge in [0.1, 0.15) is 0 Å². The van der Waals surface area contributed by atoms with Crippen molar-refractivity contribution in [1.29, 1.82) is 0 Å². The Morgan fingerprint density at radius 1 is 0.947 bits per heavy atom. The second kappa shape index (κ2) is 9.54. The van der Waals surface area contributed by atoms with Crippen molar-refractivity contribution in [2.24, 2.45) is 0 Å². The van der Waals surface area contributed by atoms with Crippen LogP contribution in [0.2, 0.25) is 0 Å². The van der Waals surface area contributed by atoms with E-state index >= 15 is 0 Å². The Hall–Kier alpha value is 0.620. The van der Waals surface area contributed by atoms with E-state index in [1.165, 1.54) is 25.8 Å². The molecule has 0 aromatic heterocycles. The minimum atomic E-state index is 0.0653. The zero-order valence-electron chi connectivity index (χ0n) is 13.5. The molecule has 2 nitrogen and oxygen atoms in total. The first-order valence-electron chi connectivity index (χ1n) is 7.52. The maximum Gasteiger partial charge on any atom is 0.0200 e. The molecule has 0 unspecified atom stereocenters. The second-order valence-corrected chi connectivity index (χ2v) is 9.21. The fraction of sp³-hybridized carbons (Fsp3) is 1.00. The van der Waals surface area contributed by atoms with Gasteiger partial charge in [0, 0.05) is 35.7 Å². The Labute approximate surface area is 131 Å². The third-order valence-electron chi connectivity index (χ3n) is 2.85. The largest absolute Gasteiger partial charge is 0.314 e. The van der Waals surface area contributed by atoms with Gasteiger partial charge in [-0.3, -0.25) is 0 Å². The van der Waals surface area contributed by atoms with E-state index in [2.05, 4.69) is 70.1 Å². The third-order valence-corrected chi connectivity index (χ3v) is 3.15. The van der Waals surface area contributed by atoms with Crippen LogP contribution in [0.4, 0.5) is 0 Å². The molecule has 0 amide bonds. The van der Waals surface area contributed by atoms with E-state index in [1.807, 2.05) is 0 Å². The molecule has 0 radical (unpaired) electrons. The summed E-state index contributed by atoms with van der Waals surface area (Å²) < 4.78 is 0.144. The SMILES string of the molecule is CCCCCN(CCNCC(C)(C)S)CC(C)(C)S. The van der Waals surface area contributed by atoms with Crippen LogP contribution in [0.5, 0.6) is 0 Å². The molecule has 4 heteroatoms. The maximum absolute atomic E-state index is 4.66. The standard InChI is InChI=1S/C15H34N2S2/c1-6-7-8-10-17(13-15(4,5)19)11-9-16-12-14(2,3)18/h16,18-19H,6-13H2,1-5H3. The van der Waals surface area contributed by atoms with Crippen molar-refractivity contribution in [2.45, 2.75) is 63.4 Å². The molecule has 0 saturated carbocycles. The molecule has 0 heterocycles. The van der Waals surface area contributed by atoms with Crippen LogP contribution in [-0.4, -0.2) is 47.1 Å². The summed E-state index contributed by atoms with van der Waals surface area (Å²) in [5.74, 6) is 0. The van der Waals surface area contributed by atoms with Gasteiger partial charge < -0.3 is 10.2 Å². The molecule has 116 valence electrons. The van der Waals surface area contributed by atoms with Gasteiger partial charge in [-0.25, -0.2) is 0 Å². The lowest BCUT2D eigenvalue weighted by molar-refractivity contribution is 0.250. The highest BCUT2D eigenvalue weighted by atomic mass is 32.1. The summed E-state index contributed by atoms with van der Waals surface area (Å²) in [6.07, 6.45) is 3.89. The number of nitrogens with one attached hydrogen (secondary N) is 1. The number of hydrogen-bond acceptors (Lipinski definition) is 4. The Morgan fingerprint density at radius 3 is 2.05 bits per heavy atom. The zero-order valence-corrected chi connectivity index (χ0v) is 15.3. The van der Waals surface area contributed by atoms with Gasteiger partial charge in [-0.15, -0.1) is 0 Å². The van der Waals surface area contributed by atoms with Crippen LogP contribution in [0.15, 0.2) is 0 Å². The maximum atomic E-state index is 4.66. The Balaban J connectivity index is 3.97. The van der Waals surface area contributed by atoms with E-state index in [-0.39, 0.29) is 9.49 Å². The predicted molar refractivity (Wildman–Crippen MR) is 95.0 cm³/mol. The van der Waals surface area contributed by atoms with Crippen LogP contribution in [-0.2, 0) is 0 Å². The van der Waals surface area contributed by atoms with Gasteiger partial charge in [-0.05, 0) is 40.7 Å². The minimum absolute atomic E-state index is 0.0653. The monoisotopic (exact) mass is 306 g/mol. The van der Waals surface area contributed by atoms with Crippen molar-refractivity contribution >= 4 is 25.3 Å². The summed E-state index contributed by atoms with van der Waals surface area (Å²) in [6, 6.07) is 0. The van der Waals surface area contributed by atoms with Gasteiger partial charge in [0.25, 0.3) is 0 Å². The normalized spacial score (nSPS) is 13.3. The van der Waals surface area contributed by atoms with Gasteiger partial charge >= 0.3 is 0 Å². The van der Waals surface area contributed by atoms with Crippen LogP contribution in [0, 0.1) is 0 Å². The summed E-state index contributed by atoms with van der Waals surface area (Å²) in [4.78, 5) is 2.53. The van der Waals surface area contributed by atoms with Crippen LogP contribution in [0.1, 0.15) is 53.9 Å². The molecular formula is C15H34N2S2. The molecule has 0 aromatic carbocycles. The summed E-state index contributed by atoms with van der Waals surface area (Å²) in [7, 11) is 0. The molecule has 0 aliphatic carbocycles. The topological polar surface area (TPSA) is 15.3 Å². The van der Waals surface area contributed by atoms with E-state index < -0.39 is 0 Å². The molecule has 0 rings (SSSR count). The van der Waals surface area contributed by atoms with Crippen molar-refractivity contribution < 1.29 is 0 Å². The van der Waals surface area contributed by atoms with E-state index in [9.17, 15) is 0 Å². The van der Waals surface area contributed by atoms with Crippen LogP contribution in [0.3, 0.4) is 0 Å². The highest BCUT2D eigenvalue weighted by Crippen LogP contribution is 2.14. The highest BCUT2D eigenvalue weighted by molar-refractivity contribution is 7.82. The highest BCUT2D eigenvalue weighted by Gasteiger charge is 2.17. The lowest BCUT2D eigenvalue weighted by atomic mass is 10.1. The molecule has 0 fully saturated rings. The molecule has 0 aliphatic heterocycles. The van der Waals surface area contributed by atoms with Gasteiger partial charge in [0.15, 0.2) is 0 Å². The minimum Gasteiger partial charge on any atom is -0.314 e. The first-order chi connectivity index (χ1) is 8.64. The molecule has 0 spiro atoms. The number of rotatable bonds is 11. The van der Waals surface area contributed by atoms with E-state index in [1.54, 1.807) is 0 Å².